The Kier molecular flexibility index (Phi) is 7.21. The summed E-state index contributed by atoms with van der Waals surface area (Å²) in [6.45, 7) is 5.83. The maximum Gasteiger partial charge on any atom is 0.162 e. The second-order valence-electron chi connectivity index (χ2n) is 4.83. The summed E-state index contributed by atoms with van der Waals surface area (Å²) in [7, 11) is 0. The molecule has 0 unspecified atom stereocenters. The zero-order valence-corrected chi connectivity index (χ0v) is 12.7. The van der Waals surface area contributed by atoms with Crippen LogP contribution in [0.15, 0.2) is 28.7 Å². The van der Waals surface area contributed by atoms with E-state index >= 15 is 0 Å². The minimum Gasteiger partial charge on any atom is -0.381 e. The largest absolute Gasteiger partial charge is 0.381 e. The van der Waals surface area contributed by atoms with E-state index in [1.807, 2.05) is 24.3 Å². The summed E-state index contributed by atoms with van der Waals surface area (Å²) in [5.74, 6) is 0.865. The quantitative estimate of drug-likeness (QED) is 0.523. The Morgan fingerprint density at radius 1 is 1.22 bits per heavy atom. The Morgan fingerprint density at radius 2 is 1.89 bits per heavy atom. The Morgan fingerprint density at radius 3 is 2.50 bits per heavy atom. The lowest BCUT2D eigenvalue weighted by atomic mass is 10.1. The van der Waals surface area contributed by atoms with Gasteiger partial charge < -0.3 is 4.74 Å². The second-order valence-corrected chi connectivity index (χ2v) is 5.74. The molecule has 1 aromatic rings. The SMILES string of the molecule is CC(C)CCOCCCC(=O)c1ccc(Br)cc1. The van der Waals surface area contributed by atoms with Crippen molar-refractivity contribution in [3.8, 4) is 0 Å². The standard InChI is InChI=1S/C15H21BrO2/c1-12(2)9-11-18-10-3-4-15(17)13-5-7-14(16)8-6-13/h5-8,12H,3-4,9-11H2,1-2H3. The van der Waals surface area contributed by atoms with Crippen molar-refractivity contribution in [3.05, 3.63) is 34.3 Å². The molecule has 0 aromatic heterocycles. The van der Waals surface area contributed by atoms with Crippen molar-refractivity contribution in [2.75, 3.05) is 13.2 Å². The third-order valence-corrected chi connectivity index (χ3v) is 3.23. The number of Topliss-reactive ketones (excluding diaryl/α,β-unsaturated/α-hetero) is 1. The Bertz CT molecular complexity index is 357. The Labute approximate surface area is 118 Å². The average molecular weight is 313 g/mol. The van der Waals surface area contributed by atoms with Crippen molar-refractivity contribution in [2.45, 2.75) is 33.1 Å². The average Bonchev–Trinajstić information content (AvgIpc) is 2.34. The molecular weight excluding hydrogens is 292 g/mol. The summed E-state index contributed by atoms with van der Waals surface area (Å²) >= 11 is 3.36. The molecule has 0 radical (unpaired) electrons. The topological polar surface area (TPSA) is 26.3 Å². The van der Waals surface area contributed by atoms with Crippen LogP contribution in [0.3, 0.4) is 0 Å². The Hall–Kier alpha value is -0.670. The third-order valence-electron chi connectivity index (χ3n) is 2.70. The zero-order chi connectivity index (χ0) is 13.4. The van der Waals surface area contributed by atoms with Gasteiger partial charge in [0.05, 0.1) is 0 Å². The van der Waals surface area contributed by atoms with Gasteiger partial charge in [-0.2, -0.15) is 0 Å². The lowest BCUT2D eigenvalue weighted by Crippen LogP contribution is -2.04. The van der Waals surface area contributed by atoms with E-state index in [2.05, 4.69) is 29.8 Å². The van der Waals surface area contributed by atoms with Gasteiger partial charge in [-0.25, -0.2) is 0 Å². The molecule has 0 spiro atoms. The first-order chi connectivity index (χ1) is 8.59. The highest BCUT2D eigenvalue weighted by molar-refractivity contribution is 9.10. The van der Waals surface area contributed by atoms with Crippen LogP contribution in [-0.2, 0) is 4.74 Å². The van der Waals surface area contributed by atoms with E-state index in [-0.39, 0.29) is 5.78 Å². The third kappa shape index (κ3) is 6.31. The van der Waals surface area contributed by atoms with Gasteiger partial charge >= 0.3 is 0 Å². The molecule has 0 atom stereocenters. The van der Waals surface area contributed by atoms with Crippen LogP contribution in [0.5, 0.6) is 0 Å². The van der Waals surface area contributed by atoms with Gasteiger partial charge in [-0.15, -0.1) is 0 Å². The van der Waals surface area contributed by atoms with Gasteiger partial charge in [-0.3, -0.25) is 4.79 Å². The number of halogens is 1. The number of rotatable bonds is 8. The van der Waals surface area contributed by atoms with Crippen LogP contribution in [-0.4, -0.2) is 19.0 Å². The predicted molar refractivity (Wildman–Crippen MR) is 78.0 cm³/mol. The van der Waals surface area contributed by atoms with E-state index in [1.165, 1.54) is 0 Å². The molecule has 0 N–H and O–H groups in total. The first-order valence-corrected chi connectivity index (χ1v) is 7.25. The van der Waals surface area contributed by atoms with E-state index in [9.17, 15) is 4.79 Å². The van der Waals surface area contributed by atoms with Crippen molar-refractivity contribution >= 4 is 21.7 Å². The second kappa shape index (κ2) is 8.44. The van der Waals surface area contributed by atoms with E-state index < -0.39 is 0 Å². The molecule has 0 saturated carbocycles. The summed E-state index contributed by atoms with van der Waals surface area (Å²) in [6.07, 6.45) is 2.44. The summed E-state index contributed by atoms with van der Waals surface area (Å²) in [5.41, 5.74) is 0.778. The summed E-state index contributed by atoms with van der Waals surface area (Å²) in [6, 6.07) is 7.50. The molecule has 0 aliphatic rings. The van der Waals surface area contributed by atoms with Gasteiger partial charge in [0.25, 0.3) is 0 Å². The highest BCUT2D eigenvalue weighted by Gasteiger charge is 2.05. The Balaban J connectivity index is 2.16. The highest BCUT2D eigenvalue weighted by Crippen LogP contribution is 2.12. The van der Waals surface area contributed by atoms with Crippen LogP contribution in [0.4, 0.5) is 0 Å². The number of hydrogen-bond donors (Lipinski definition) is 0. The van der Waals surface area contributed by atoms with Crippen LogP contribution >= 0.6 is 15.9 Å². The number of carbonyl (C=O) groups is 1. The van der Waals surface area contributed by atoms with Crippen LogP contribution in [0, 0.1) is 5.92 Å². The van der Waals surface area contributed by atoms with Crippen LogP contribution in [0.1, 0.15) is 43.5 Å². The maximum absolute atomic E-state index is 11.8. The van der Waals surface area contributed by atoms with Crippen molar-refractivity contribution in [1.29, 1.82) is 0 Å². The molecule has 18 heavy (non-hydrogen) atoms. The smallest absolute Gasteiger partial charge is 0.162 e. The molecule has 0 bridgehead atoms. The molecule has 0 amide bonds. The molecular formula is C15H21BrO2. The van der Waals surface area contributed by atoms with Gasteiger partial charge in [-0.05, 0) is 30.9 Å². The van der Waals surface area contributed by atoms with Crippen LogP contribution < -0.4 is 0 Å². The molecule has 3 heteroatoms. The van der Waals surface area contributed by atoms with Gasteiger partial charge in [0.2, 0.25) is 0 Å². The molecule has 2 nitrogen and oxygen atoms in total. The first-order valence-electron chi connectivity index (χ1n) is 6.46. The normalized spacial score (nSPS) is 10.9. The fourth-order valence-corrected chi connectivity index (χ4v) is 1.80. The summed E-state index contributed by atoms with van der Waals surface area (Å²) in [4.78, 5) is 11.8. The van der Waals surface area contributed by atoms with Gasteiger partial charge in [-0.1, -0.05) is 41.9 Å². The molecule has 1 aromatic carbocycles. The lowest BCUT2D eigenvalue weighted by Gasteiger charge is -2.06. The van der Waals surface area contributed by atoms with Crippen LogP contribution in [0.2, 0.25) is 0 Å². The van der Waals surface area contributed by atoms with E-state index in [0.717, 1.165) is 29.5 Å². The lowest BCUT2D eigenvalue weighted by molar-refractivity contribution is 0.0926. The molecule has 0 saturated heterocycles. The van der Waals surface area contributed by atoms with Crippen molar-refractivity contribution in [2.24, 2.45) is 5.92 Å². The molecule has 0 fully saturated rings. The summed E-state index contributed by atoms with van der Waals surface area (Å²) in [5, 5.41) is 0. The van der Waals surface area contributed by atoms with Gasteiger partial charge in [0.15, 0.2) is 5.78 Å². The predicted octanol–water partition coefficient (Wildman–Crippen LogP) is 4.47. The monoisotopic (exact) mass is 312 g/mol. The number of ether oxygens (including phenoxy) is 1. The molecule has 1 rings (SSSR count). The van der Waals surface area contributed by atoms with Crippen LogP contribution in [0.25, 0.3) is 0 Å². The number of carbonyl (C=O) groups excluding carboxylic acids is 1. The van der Waals surface area contributed by atoms with Crippen molar-refractivity contribution in [1.82, 2.24) is 0 Å². The van der Waals surface area contributed by atoms with E-state index in [0.29, 0.717) is 18.9 Å². The fraction of sp³-hybridized carbons (Fsp3) is 0.533. The fourth-order valence-electron chi connectivity index (χ4n) is 1.54. The van der Waals surface area contributed by atoms with Crippen molar-refractivity contribution in [3.63, 3.8) is 0 Å². The molecule has 100 valence electrons. The molecule has 0 heterocycles. The van der Waals surface area contributed by atoms with E-state index in [1.54, 1.807) is 0 Å². The maximum atomic E-state index is 11.8. The van der Waals surface area contributed by atoms with Gasteiger partial charge in [0.1, 0.15) is 0 Å². The highest BCUT2D eigenvalue weighted by atomic mass is 79.9. The van der Waals surface area contributed by atoms with Gasteiger partial charge in [0, 0.05) is 29.7 Å². The molecule has 0 aliphatic heterocycles. The minimum absolute atomic E-state index is 0.190. The first kappa shape index (κ1) is 15.4. The summed E-state index contributed by atoms with van der Waals surface area (Å²) < 4.78 is 6.49. The number of benzene rings is 1. The van der Waals surface area contributed by atoms with Crippen molar-refractivity contribution < 1.29 is 9.53 Å². The number of ketones is 1. The number of hydrogen-bond acceptors (Lipinski definition) is 2. The molecule has 0 aliphatic carbocycles. The zero-order valence-electron chi connectivity index (χ0n) is 11.1. The van der Waals surface area contributed by atoms with E-state index in [4.69, 9.17) is 4.74 Å². The minimum atomic E-state index is 0.190.